The van der Waals surface area contributed by atoms with Gasteiger partial charge in [-0.05, 0) is 24.6 Å². The molecule has 0 radical (unpaired) electrons. The largest absolute Gasteiger partial charge is 0.379 e. The number of hydrogen-bond donors (Lipinski definition) is 1. The molecule has 7 heteroatoms. The molecule has 3 rings (SSSR count). The van der Waals surface area contributed by atoms with Crippen molar-refractivity contribution in [1.82, 2.24) is 4.90 Å². The Kier molecular flexibility index (Phi) is 5.80. The van der Waals surface area contributed by atoms with Gasteiger partial charge in [-0.25, -0.2) is 4.39 Å². The molecule has 2 aromatic carbocycles. The van der Waals surface area contributed by atoms with E-state index in [4.69, 9.17) is 4.74 Å². The Bertz CT molecular complexity index is 761. The second-order valence-corrected chi connectivity index (χ2v) is 6.37. The average molecular weight is 359 g/mol. The van der Waals surface area contributed by atoms with E-state index in [1.807, 2.05) is 6.92 Å². The van der Waals surface area contributed by atoms with E-state index >= 15 is 0 Å². The van der Waals surface area contributed by atoms with Crippen LogP contribution in [0.15, 0.2) is 42.5 Å². The molecule has 2 aromatic rings. The van der Waals surface area contributed by atoms with E-state index in [0.29, 0.717) is 25.4 Å². The number of halogens is 1. The minimum Gasteiger partial charge on any atom is -0.379 e. The number of aryl methyl sites for hydroxylation is 1. The normalized spacial score (nSPS) is 16.2. The molecule has 1 atom stereocenters. The van der Waals surface area contributed by atoms with Crippen LogP contribution in [0.3, 0.4) is 0 Å². The molecule has 1 fully saturated rings. The van der Waals surface area contributed by atoms with Crippen LogP contribution in [0.25, 0.3) is 0 Å². The molecular formula is C19H22FN3O3. The van der Waals surface area contributed by atoms with Crippen molar-refractivity contribution in [3.8, 4) is 0 Å². The van der Waals surface area contributed by atoms with Crippen molar-refractivity contribution < 1.29 is 14.1 Å². The minimum absolute atomic E-state index is 0.0455. The summed E-state index contributed by atoms with van der Waals surface area (Å²) in [5, 5.41) is 14.3. The second-order valence-electron chi connectivity index (χ2n) is 6.37. The van der Waals surface area contributed by atoms with Crippen molar-refractivity contribution in [2.24, 2.45) is 0 Å². The van der Waals surface area contributed by atoms with Gasteiger partial charge in [0, 0.05) is 19.6 Å². The van der Waals surface area contributed by atoms with Gasteiger partial charge < -0.3 is 10.1 Å². The number of nitro benzene ring substituents is 1. The highest BCUT2D eigenvalue weighted by Gasteiger charge is 2.24. The Morgan fingerprint density at radius 3 is 2.58 bits per heavy atom. The van der Waals surface area contributed by atoms with E-state index in [2.05, 4.69) is 34.5 Å². The van der Waals surface area contributed by atoms with Gasteiger partial charge in [-0.1, -0.05) is 29.8 Å². The third-order valence-corrected chi connectivity index (χ3v) is 4.59. The van der Waals surface area contributed by atoms with Crippen molar-refractivity contribution in [3.05, 3.63) is 69.5 Å². The van der Waals surface area contributed by atoms with Gasteiger partial charge >= 0.3 is 0 Å². The monoisotopic (exact) mass is 359 g/mol. The number of morpholine rings is 1. The van der Waals surface area contributed by atoms with E-state index in [-0.39, 0.29) is 11.7 Å². The van der Waals surface area contributed by atoms with Crippen LogP contribution >= 0.6 is 0 Å². The molecule has 0 spiro atoms. The minimum atomic E-state index is -0.620. The third-order valence-electron chi connectivity index (χ3n) is 4.59. The molecule has 26 heavy (non-hydrogen) atoms. The van der Waals surface area contributed by atoms with Gasteiger partial charge in [0.05, 0.1) is 30.2 Å². The first kappa shape index (κ1) is 18.3. The molecule has 0 amide bonds. The summed E-state index contributed by atoms with van der Waals surface area (Å²) in [5.74, 6) is -0.620. The first-order valence-electron chi connectivity index (χ1n) is 8.61. The lowest BCUT2D eigenvalue weighted by molar-refractivity contribution is -0.384. The Morgan fingerprint density at radius 2 is 1.92 bits per heavy atom. The van der Waals surface area contributed by atoms with E-state index < -0.39 is 10.7 Å². The summed E-state index contributed by atoms with van der Waals surface area (Å²) in [6.45, 7) is 5.44. The highest BCUT2D eigenvalue weighted by molar-refractivity contribution is 5.61. The number of hydrogen-bond acceptors (Lipinski definition) is 5. The molecule has 0 bridgehead atoms. The Morgan fingerprint density at radius 1 is 1.23 bits per heavy atom. The fraction of sp³-hybridized carbons (Fsp3) is 0.368. The standard InChI is InChI=1S/C19H22FN3O3/c1-14-2-4-15(5-3-14)19(22-8-10-26-11-9-22)13-21-17-7-6-16(20)12-18(17)23(24)25/h2-7,12,19,21H,8-11,13H2,1H3. The zero-order valence-electron chi connectivity index (χ0n) is 14.7. The quantitative estimate of drug-likeness (QED) is 0.631. The van der Waals surface area contributed by atoms with Crippen LogP contribution < -0.4 is 5.32 Å². The zero-order chi connectivity index (χ0) is 18.5. The SMILES string of the molecule is Cc1ccc(C(CNc2ccc(F)cc2[N+](=O)[O-])N2CCOCC2)cc1. The topological polar surface area (TPSA) is 67.6 Å². The predicted molar refractivity (Wildman–Crippen MR) is 97.9 cm³/mol. The first-order valence-corrected chi connectivity index (χ1v) is 8.61. The number of nitrogens with zero attached hydrogens (tertiary/aromatic N) is 2. The summed E-state index contributed by atoms with van der Waals surface area (Å²) < 4.78 is 18.8. The second kappa shape index (κ2) is 8.25. The molecule has 1 saturated heterocycles. The number of benzene rings is 2. The highest BCUT2D eigenvalue weighted by Crippen LogP contribution is 2.28. The van der Waals surface area contributed by atoms with E-state index in [1.54, 1.807) is 0 Å². The summed E-state index contributed by atoms with van der Waals surface area (Å²) in [6, 6.07) is 11.9. The van der Waals surface area contributed by atoms with Crippen LogP contribution in [0.5, 0.6) is 0 Å². The molecule has 0 aromatic heterocycles. The maximum atomic E-state index is 13.3. The summed E-state index contributed by atoms with van der Waals surface area (Å²) in [6.07, 6.45) is 0. The van der Waals surface area contributed by atoms with Crippen LogP contribution in [0, 0.1) is 22.9 Å². The van der Waals surface area contributed by atoms with Gasteiger partial charge in [0.1, 0.15) is 11.5 Å². The van der Waals surface area contributed by atoms with Gasteiger partial charge in [-0.2, -0.15) is 0 Å². The van der Waals surface area contributed by atoms with Crippen LogP contribution in [0.4, 0.5) is 15.8 Å². The summed E-state index contributed by atoms with van der Waals surface area (Å²) in [7, 11) is 0. The number of nitrogens with one attached hydrogen (secondary N) is 1. The Hall–Kier alpha value is -2.51. The fourth-order valence-electron chi connectivity index (χ4n) is 3.15. The van der Waals surface area contributed by atoms with Crippen LogP contribution in [-0.2, 0) is 4.74 Å². The molecule has 1 N–H and O–H groups in total. The third kappa shape index (κ3) is 4.36. The molecule has 1 unspecified atom stereocenters. The maximum Gasteiger partial charge on any atom is 0.295 e. The first-order chi connectivity index (χ1) is 12.5. The summed E-state index contributed by atoms with van der Waals surface area (Å²) >= 11 is 0. The molecule has 138 valence electrons. The van der Waals surface area contributed by atoms with Crippen LogP contribution in [0.1, 0.15) is 17.2 Å². The molecular weight excluding hydrogens is 337 g/mol. The Labute approximate surface area is 151 Å². The maximum absolute atomic E-state index is 13.3. The Balaban J connectivity index is 1.82. The summed E-state index contributed by atoms with van der Waals surface area (Å²) in [4.78, 5) is 12.9. The van der Waals surface area contributed by atoms with Gasteiger partial charge in [0.2, 0.25) is 0 Å². The highest BCUT2D eigenvalue weighted by atomic mass is 19.1. The number of ether oxygens (including phenoxy) is 1. The van der Waals surface area contributed by atoms with E-state index in [0.717, 1.165) is 24.7 Å². The van der Waals surface area contributed by atoms with Crippen molar-refractivity contribution in [2.75, 3.05) is 38.2 Å². The van der Waals surface area contributed by atoms with Gasteiger partial charge in [-0.15, -0.1) is 0 Å². The molecule has 6 nitrogen and oxygen atoms in total. The lowest BCUT2D eigenvalue weighted by Crippen LogP contribution is -2.41. The molecule has 1 aliphatic rings. The zero-order valence-corrected chi connectivity index (χ0v) is 14.7. The van der Waals surface area contributed by atoms with Crippen molar-refractivity contribution in [3.63, 3.8) is 0 Å². The number of anilines is 1. The van der Waals surface area contributed by atoms with Crippen molar-refractivity contribution in [1.29, 1.82) is 0 Å². The lowest BCUT2D eigenvalue weighted by atomic mass is 10.0. The number of rotatable bonds is 6. The van der Waals surface area contributed by atoms with Crippen molar-refractivity contribution >= 4 is 11.4 Å². The average Bonchev–Trinajstić information content (AvgIpc) is 2.65. The van der Waals surface area contributed by atoms with E-state index in [1.165, 1.54) is 17.7 Å². The van der Waals surface area contributed by atoms with E-state index in [9.17, 15) is 14.5 Å². The molecule has 1 heterocycles. The van der Waals surface area contributed by atoms with Crippen LogP contribution in [-0.4, -0.2) is 42.7 Å². The lowest BCUT2D eigenvalue weighted by Gasteiger charge is -2.35. The smallest absolute Gasteiger partial charge is 0.295 e. The number of nitro groups is 1. The predicted octanol–water partition coefficient (Wildman–Crippen LogP) is 3.53. The summed E-state index contributed by atoms with van der Waals surface area (Å²) in [5.41, 5.74) is 2.38. The van der Waals surface area contributed by atoms with Gasteiger partial charge in [0.25, 0.3) is 5.69 Å². The fourth-order valence-corrected chi connectivity index (χ4v) is 3.15. The van der Waals surface area contributed by atoms with Gasteiger partial charge in [-0.3, -0.25) is 15.0 Å². The van der Waals surface area contributed by atoms with Crippen molar-refractivity contribution in [2.45, 2.75) is 13.0 Å². The van der Waals surface area contributed by atoms with Gasteiger partial charge in [0.15, 0.2) is 0 Å². The molecule has 0 aliphatic carbocycles. The molecule has 1 aliphatic heterocycles. The van der Waals surface area contributed by atoms with Crippen LogP contribution in [0.2, 0.25) is 0 Å². The molecule has 0 saturated carbocycles.